The number of hydrogen-bond donors (Lipinski definition) is 7. The summed E-state index contributed by atoms with van der Waals surface area (Å²) in [6.45, 7) is 5.05. The zero-order valence-electron chi connectivity index (χ0n) is 23.4. The van der Waals surface area contributed by atoms with Crippen molar-refractivity contribution >= 4 is 23.2 Å². The van der Waals surface area contributed by atoms with E-state index in [1.807, 2.05) is 12.3 Å². The van der Waals surface area contributed by atoms with Crippen LogP contribution in [0.25, 0.3) is 17.0 Å². The number of amides is 1. The van der Waals surface area contributed by atoms with Gasteiger partial charge in [-0.25, -0.2) is 0 Å². The zero-order valence-corrected chi connectivity index (χ0v) is 23.4. The van der Waals surface area contributed by atoms with Crippen molar-refractivity contribution < 1.29 is 39.5 Å². The smallest absolute Gasteiger partial charge is 0.255 e. The summed E-state index contributed by atoms with van der Waals surface area (Å²) in [5, 5.41) is 48.6. The fourth-order valence-corrected chi connectivity index (χ4v) is 7.14. The minimum Gasteiger partial charge on any atom is -0.508 e. The Balaban J connectivity index is 1.49. The molecule has 42 heavy (non-hydrogen) atoms. The number of aromatic amines is 1. The van der Waals surface area contributed by atoms with Crippen LogP contribution >= 0.6 is 0 Å². The lowest BCUT2D eigenvalue weighted by molar-refractivity contribution is -0.150. The highest BCUT2D eigenvalue weighted by Gasteiger charge is 2.64. The van der Waals surface area contributed by atoms with Gasteiger partial charge in [0.1, 0.15) is 22.8 Å². The molecule has 1 saturated carbocycles. The van der Waals surface area contributed by atoms with Crippen LogP contribution in [0.5, 0.6) is 5.75 Å². The number of nitrogens with two attached hydrogens (primary N) is 1. The molecule has 8 N–H and O–H groups in total. The molecule has 1 aromatic carbocycles. The summed E-state index contributed by atoms with van der Waals surface area (Å²) >= 11 is 0. The van der Waals surface area contributed by atoms with Crippen LogP contribution in [0.2, 0.25) is 0 Å². The maximum atomic E-state index is 14.1. The number of H-pyrrole nitrogens is 1. The number of ether oxygens (including phenoxy) is 1. The number of carbonyl (C=O) groups excluding carboxylic acids is 3. The van der Waals surface area contributed by atoms with Crippen molar-refractivity contribution in [1.29, 1.82) is 0 Å². The molecule has 222 valence electrons. The molecular weight excluding hydrogens is 542 g/mol. The Morgan fingerprint density at radius 2 is 1.88 bits per heavy atom. The molecule has 1 saturated heterocycles. The first-order valence-electron chi connectivity index (χ1n) is 14.3. The number of aliphatic hydroxyl groups is 3. The van der Waals surface area contributed by atoms with Crippen LogP contribution in [-0.2, 0) is 25.5 Å². The van der Waals surface area contributed by atoms with Crippen LogP contribution in [0.15, 0.2) is 41.3 Å². The zero-order chi connectivity index (χ0) is 30.1. The maximum absolute atomic E-state index is 14.1. The number of phenolic OH excluding ortho intramolecular Hbond substituents is 1. The lowest BCUT2D eigenvalue weighted by Crippen LogP contribution is -2.67. The van der Waals surface area contributed by atoms with Crippen LogP contribution in [0.1, 0.15) is 55.7 Å². The standard InChI is InChI=1S/C31H35N3O8/c1-13(2)15-11-20(33-12-15)17-3-4-21(35)23-18(17)9-14-10-19-25(34-16-5-7-42-8-6-16)27(37)24(30(32)40)29(39)31(19,41)28(38)22(14)26(23)36/h3-4,11-14,16,19,25,33-36,39,41H,5-10H2,1-2H3,(H2,32,40). The lowest BCUT2D eigenvalue weighted by Gasteiger charge is -2.49. The number of carbonyl (C=O) groups is 3. The molecule has 3 aliphatic carbocycles. The Morgan fingerprint density at radius 1 is 1.17 bits per heavy atom. The van der Waals surface area contributed by atoms with Gasteiger partial charge in [-0.15, -0.1) is 0 Å². The van der Waals surface area contributed by atoms with Crippen LogP contribution in [0, 0.1) is 11.8 Å². The molecule has 1 aliphatic heterocycles. The number of aromatic nitrogens is 1. The number of ketones is 2. The predicted octanol–water partition coefficient (Wildman–Crippen LogP) is 2.29. The number of aromatic hydroxyl groups is 1. The number of rotatable bonds is 5. The molecular formula is C31H35N3O8. The lowest BCUT2D eigenvalue weighted by atomic mass is 9.57. The van der Waals surface area contributed by atoms with Crippen molar-refractivity contribution in [3.63, 3.8) is 0 Å². The Hall–Kier alpha value is -3.93. The molecule has 1 aromatic heterocycles. The van der Waals surface area contributed by atoms with Gasteiger partial charge in [0, 0.05) is 48.2 Å². The first-order valence-corrected chi connectivity index (χ1v) is 14.3. The summed E-state index contributed by atoms with van der Waals surface area (Å²) in [5.41, 5.74) is 5.06. The molecule has 6 rings (SSSR count). The number of primary amides is 1. The van der Waals surface area contributed by atoms with E-state index in [2.05, 4.69) is 24.1 Å². The molecule has 11 nitrogen and oxygen atoms in total. The fourth-order valence-electron chi connectivity index (χ4n) is 7.14. The highest BCUT2D eigenvalue weighted by atomic mass is 16.5. The predicted molar refractivity (Wildman–Crippen MR) is 151 cm³/mol. The third kappa shape index (κ3) is 4.10. The largest absolute Gasteiger partial charge is 0.508 e. The van der Waals surface area contributed by atoms with Gasteiger partial charge in [0.25, 0.3) is 5.91 Å². The second-order valence-corrected chi connectivity index (χ2v) is 12.1. The average molecular weight is 578 g/mol. The van der Waals surface area contributed by atoms with Gasteiger partial charge in [0.15, 0.2) is 11.4 Å². The van der Waals surface area contributed by atoms with E-state index in [1.165, 1.54) is 6.07 Å². The third-order valence-electron chi connectivity index (χ3n) is 9.38. The summed E-state index contributed by atoms with van der Waals surface area (Å²) in [6.07, 6.45) is 3.30. The molecule has 2 fully saturated rings. The van der Waals surface area contributed by atoms with Gasteiger partial charge in [-0.3, -0.25) is 14.4 Å². The topological polar surface area (TPSA) is 195 Å². The second-order valence-electron chi connectivity index (χ2n) is 12.1. The van der Waals surface area contributed by atoms with Crippen molar-refractivity contribution in [3.05, 3.63) is 58.0 Å². The molecule has 4 atom stereocenters. The van der Waals surface area contributed by atoms with E-state index in [9.17, 15) is 34.8 Å². The minimum atomic E-state index is -2.68. The van der Waals surface area contributed by atoms with E-state index in [0.717, 1.165) is 16.8 Å². The number of benzene rings is 1. The third-order valence-corrected chi connectivity index (χ3v) is 9.38. The van der Waals surface area contributed by atoms with Crippen molar-refractivity contribution in [2.75, 3.05) is 13.2 Å². The highest BCUT2D eigenvalue weighted by Crippen LogP contribution is 2.53. The fraction of sp³-hybridized carbons (Fsp3) is 0.452. The number of Topliss-reactive ketones (excluding diaryl/α,β-unsaturated/α-hetero) is 2. The summed E-state index contributed by atoms with van der Waals surface area (Å²) in [5.74, 6) is -6.46. The molecule has 4 unspecified atom stereocenters. The summed E-state index contributed by atoms with van der Waals surface area (Å²) in [6, 6.07) is 3.80. The molecule has 2 aromatic rings. The first-order chi connectivity index (χ1) is 19.9. The van der Waals surface area contributed by atoms with Gasteiger partial charge in [0.05, 0.1) is 11.6 Å². The number of aliphatic hydroxyl groups excluding tert-OH is 2. The SMILES string of the molecule is CC(C)c1c[nH]c(-c2ccc(O)c3c2CC2CC4C(NC5CCOCC5)C(=O)C(C(N)=O)=C(O)C4(O)C(=O)C2=C3O)c1. The van der Waals surface area contributed by atoms with Crippen molar-refractivity contribution in [2.45, 2.75) is 63.1 Å². The molecule has 0 spiro atoms. The van der Waals surface area contributed by atoms with E-state index in [-0.39, 0.29) is 41.7 Å². The molecule has 1 amide bonds. The van der Waals surface area contributed by atoms with E-state index in [1.54, 1.807) is 6.07 Å². The van der Waals surface area contributed by atoms with Crippen LogP contribution in [0.3, 0.4) is 0 Å². The normalized spacial score (nSPS) is 28.1. The van der Waals surface area contributed by atoms with Crippen LogP contribution < -0.4 is 11.1 Å². The Labute approximate surface area is 242 Å². The maximum Gasteiger partial charge on any atom is 0.255 e. The monoisotopic (exact) mass is 577 g/mol. The van der Waals surface area contributed by atoms with Gasteiger partial charge in [0.2, 0.25) is 5.78 Å². The molecule has 0 bridgehead atoms. The molecule has 4 aliphatic rings. The van der Waals surface area contributed by atoms with E-state index >= 15 is 0 Å². The Kier molecular flexibility index (Phi) is 6.79. The Bertz CT molecular complexity index is 1560. The highest BCUT2D eigenvalue weighted by molar-refractivity contribution is 6.24. The number of fused-ring (bicyclic) bond motifs is 3. The van der Waals surface area contributed by atoms with E-state index in [0.29, 0.717) is 31.6 Å². The van der Waals surface area contributed by atoms with Crippen molar-refractivity contribution in [3.8, 4) is 17.0 Å². The number of nitrogens with one attached hydrogen (secondary N) is 2. The Morgan fingerprint density at radius 3 is 2.52 bits per heavy atom. The summed E-state index contributed by atoms with van der Waals surface area (Å²) in [4.78, 5) is 43.3. The molecule has 2 heterocycles. The molecule has 11 heteroatoms. The molecule has 0 radical (unpaired) electrons. The summed E-state index contributed by atoms with van der Waals surface area (Å²) < 4.78 is 5.41. The van der Waals surface area contributed by atoms with Gasteiger partial charge < -0.3 is 41.2 Å². The second kappa shape index (κ2) is 10.1. The minimum absolute atomic E-state index is 0.0286. The van der Waals surface area contributed by atoms with Crippen molar-refractivity contribution in [1.82, 2.24) is 10.3 Å². The van der Waals surface area contributed by atoms with Gasteiger partial charge in [-0.2, -0.15) is 0 Å². The van der Waals surface area contributed by atoms with Gasteiger partial charge in [-0.1, -0.05) is 13.8 Å². The number of hydrogen-bond acceptors (Lipinski definition) is 9. The van der Waals surface area contributed by atoms with Crippen LogP contribution in [-0.4, -0.2) is 73.8 Å². The summed E-state index contributed by atoms with van der Waals surface area (Å²) in [7, 11) is 0. The van der Waals surface area contributed by atoms with Gasteiger partial charge >= 0.3 is 0 Å². The quantitative estimate of drug-likeness (QED) is 0.261. The van der Waals surface area contributed by atoms with Crippen molar-refractivity contribution in [2.24, 2.45) is 17.6 Å². The van der Waals surface area contributed by atoms with Gasteiger partial charge in [-0.05, 0) is 66.8 Å². The number of phenols is 1. The van der Waals surface area contributed by atoms with E-state index < -0.39 is 58.0 Å². The first kappa shape index (κ1) is 28.2. The van der Waals surface area contributed by atoms with Crippen LogP contribution in [0.4, 0.5) is 0 Å². The van der Waals surface area contributed by atoms with E-state index in [4.69, 9.17) is 10.5 Å². The average Bonchev–Trinajstić information content (AvgIpc) is 3.44.